The van der Waals surface area contributed by atoms with Crippen LogP contribution in [0.25, 0.3) is 0 Å². The standard InChI is InChI=1S/C16H23F2NO/c1-16(2,3)19-10-11-5-4-8-20-15(11)13-9-12(17)6-7-14(13)18/h6-7,9,11,15,19H,4-5,8,10H2,1-3H3. The van der Waals surface area contributed by atoms with Gasteiger partial charge in [0.1, 0.15) is 11.6 Å². The van der Waals surface area contributed by atoms with Crippen LogP contribution in [0.2, 0.25) is 0 Å². The summed E-state index contributed by atoms with van der Waals surface area (Å²) in [5, 5.41) is 3.43. The first-order valence-electron chi connectivity index (χ1n) is 7.18. The number of nitrogens with one attached hydrogen (secondary N) is 1. The van der Waals surface area contributed by atoms with Crippen molar-refractivity contribution in [2.24, 2.45) is 5.92 Å². The number of hydrogen-bond acceptors (Lipinski definition) is 2. The van der Waals surface area contributed by atoms with Crippen LogP contribution < -0.4 is 5.32 Å². The Labute approximate surface area is 119 Å². The minimum absolute atomic E-state index is 0.00246. The highest BCUT2D eigenvalue weighted by atomic mass is 19.1. The summed E-state index contributed by atoms with van der Waals surface area (Å²) in [4.78, 5) is 0. The molecule has 0 aromatic heterocycles. The molecule has 2 rings (SSSR count). The van der Waals surface area contributed by atoms with E-state index in [2.05, 4.69) is 26.1 Å². The highest BCUT2D eigenvalue weighted by Gasteiger charge is 2.30. The minimum Gasteiger partial charge on any atom is -0.373 e. The fourth-order valence-corrected chi connectivity index (χ4v) is 2.57. The smallest absolute Gasteiger partial charge is 0.129 e. The molecule has 0 aliphatic carbocycles. The van der Waals surface area contributed by atoms with Gasteiger partial charge in [-0.15, -0.1) is 0 Å². The predicted octanol–water partition coefficient (Wildman–Crippen LogP) is 3.82. The molecule has 1 aromatic carbocycles. The molecule has 1 aliphatic heterocycles. The number of rotatable bonds is 3. The maximum atomic E-state index is 13.9. The molecule has 1 saturated heterocycles. The Morgan fingerprint density at radius 2 is 2.05 bits per heavy atom. The van der Waals surface area contributed by atoms with Gasteiger partial charge >= 0.3 is 0 Å². The first-order valence-corrected chi connectivity index (χ1v) is 7.18. The zero-order valence-corrected chi connectivity index (χ0v) is 12.4. The van der Waals surface area contributed by atoms with Crippen molar-refractivity contribution in [2.75, 3.05) is 13.2 Å². The van der Waals surface area contributed by atoms with E-state index < -0.39 is 5.82 Å². The first-order chi connectivity index (χ1) is 9.37. The monoisotopic (exact) mass is 283 g/mol. The third-order valence-electron chi connectivity index (χ3n) is 3.60. The summed E-state index contributed by atoms with van der Waals surface area (Å²) >= 11 is 0. The topological polar surface area (TPSA) is 21.3 Å². The Kier molecular flexibility index (Phi) is 4.76. The van der Waals surface area contributed by atoms with Gasteiger partial charge in [-0.05, 0) is 51.8 Å². The van der Waals surface area contributed by atoms with Crippen molar-refractivity contribution in [2.45, 2.75) is 45.3 Å². The van der Waals surface area contributed by atoms with Gasteiger partial charge in [-0.2, -0.15) is 0 Å². The summed E-state index contributed by atoms with van der Waals surface area (Å²) in [6.07, 6.45) is 1.56. The molecule has 2 nitrogen and oxygen atoms in total. The molecule has 1 aromatic rings. The van der Waals surface area contributed by atoms with Crippen LogP contribution in [0.5, 0.6) is 0 Å². The minimum atomic E-state index is -0.418. The van der Waals surface area contributed by atoms with Gasteiger partial charge in [0.25, 0.3) is 0 Å². The Morgan fingerprint density at radius 3 is 2.75 bits per heavy atom. The van der Waals surface area contributed by atoms with Gasteiger partial charge in [0.15, 0.2) is 0 Å². The molecule has 0 bridgehead atoms. The van der Waals surface area contributed by atoms with Crippen molar-refractivity contribution in [1.29, 1.82) is 0 Å². The van der Waals surface area contributed by atoms with E-state index in [1.165, 1.54) is 12.1 Å². The van der Waals surface area contributed by atoms with Crippen LogP contribution in [0, 0.1) is 17.6 Å². The quantitative estimate of drug-likeness (QED) is 0.910. The fraction of sp³-hybridized carbons (Fsp3) is 0.625. The lowest BCUT2D eigenvalue weighted by molar-refractivity contribution is -0.0312. The summed E-state index contributed by atoms with van der Waals surface area (Å²) in [5.41, 5.74) is 0.341. The molecule has 0 radical (unpaired) electrons. The predicted molar refractivity (Wildman–Crippen MR) is 75.5 cm³/mol. The van der Waals surface area contributed by atoms with E-state index in [9.17, 15) is 8.78 Å². The Morgan fingerprint density at radius 1 is 1.30 bits per heavy atom. The third kappa shape index (κ3) is 4.00. The molecule has 2 unspecified atom stereocenters. The van der Waals surface area contributed by atoms with Gasteiger partial charge in [-0.1, -0.05) is 0 Å². The average Bonchev–Trinajstić information content (AvgIpc) is 2.39. The molecule has 1 fully saturated rings. The molecular weight excluding hydrogens is 260 g/mol. The van der Waals surface area contributed by atoms with Crippen LogP contribution >= 0.6 is 0 Å². The van der Waals surface area contributed by atoms with Crippen LogP contribution in [-0.2, 0) is 4.74 Å². The van der Waals surface area contributed by atoms with Crippen LogP contribution in [0.1, 0.15) is 45.3 Å². The molecule has 4 heteroatoms. The molecule has 1 N–H and O–H groups in total. The summed E-state index contributed by atoms with van der Waals surface area (Å²) in [5.74, 6) is -0.642. The normalized spacial score (nSPS) is 23.9. The van der Waals surface area contributed by atoms with Crippen molar-refractivity contribution in [3.8, 4) is 0 Å². The Hall–Kier alpha value is -1.00. The zero-order valence-electron chi connectivity index (χ0n) is 12.4. The highest BCUT2D eigenvalue weighted by Crippen LogP contribution is 2.35. The summed E-state index contributed by atoms with van der Waals surface area (Å²) in [6, 6.07) is 3.58. The lowest BCUT2D eigenvalue weighted by Crippen LogP contribution is -2.41. The molecule has 20 heavy (non-hydrogen) atoms. The molecule has 112 valence electrons. The fourth-order valence-electron chi connectivity index (χ4n) is 2.57. The second kappa shape index (κ2) is 6.19. The van der Waals surface area contributed by atoms with Crippen LogP contribution in [-0.4, -0.2) is 18.7 Å². The number of hydrogen-bond donors (Lipinski definition) is 1. The van der Waals surface area contributed by atoms with Gasteiger partial charge in [0.05, 0.1) is 6.10 Å². The molecule has 2 atom stereocenters. The van der Waals surface area contributed by atoms with E-state index in [-0.39, 0.29) is 23.4 Å². The maximum Gasteiger partial charge on any atom is 0.129 e. The van der Waals surface area contributed by atoms with E-state index in [1.54, 1.807) is 0 Å². The van der Waals surface area contributed by atoms with Gasteiger partial charge < -0.3 is 10.1 Å². The molecule has 0 amide bonds. The van der Waals surface area contributed by atoms with E-state index in [1.807, 2.05) is 0 Å². The van der Waals surface area contributed by atoms with Crippen molar-refractivity contribution >= 4 is 0 Å². The lowest BCUT2D eigenvalue weighted by Gasteiger charge is -2.34. The van der Waals surface area contributed by atoms with Gasteiger partial charge in [0.2, 0.25) is 0 Å². The largest absolute Gasteiger partial charge is 0.373 e. The van der Waals surface area contributed by atoms with Crippen molar-refractivity contribution in [3.05, 3.63) is 35.4 Å². The molecule has 0 saturated carbocycles. The molecule has 1 aliphatic rings. The molecular formula is C16H23F2NO. The van der Waals surface area contributed by atoms with Gasteiger partial charge in [0, 0.05) is 30.2 Å². The van der Waals surface area contributed by atoms with Crippen molar-refractivity contribution < 1.29 is 13.5 Å². The Bertz CT molecular complexity index is 456. The van der Waals surface area contributed by atoms with Crippen molar-refractivity contribution in [1.82, 2.24) is 5.32 Å². The van der Waals surface area contributed by atoms with Crippen LogP contribution in [0.4, 0.5) is 8.78 Å². The number of ether oxygens (including phenoxy) is 1. The summed E-state index contributed by atoms with van der Waals surface area (Å²) in [6.45, 7) is 7.62. The molecule has 0 spiro atoms. The second-order valence-electron chi connectivity index (χ2n) is 6.49. The van der Waals surface area contributed by atoms with E-state index in [0.29, 0.717) is 12.2 Å². The van der Waals surface area contributed by atoms with E-state index in [4.69, 9.17) is 4.74 Å². The lowest BCUT2D eigenvalue weighted by atomic mass is 9.88. The van der Waals surface area contributed by atoms with Crippen molar-refractivity contribution in [3.63, 3.8) is 0 Å². The maximum absolute atomic E-state index is 13.9. The van der Waals surface area contributed by atoms with E-state index in [0.717, 1.165) is 25.5 Å². The first kappa shape index (κ1) is 15.4. The third-order valence-corrected chi connectivity index (χ3v) is 3.60. The zero-order chi connectivity index (χ0) is 14.8. The SMILES string of the molecule is CC(C)(C)NCC1CCCOC1c1cc(F)ccc1F. The summed E-state index contributed by atoms with van der Waals surface area (Å²) < 4.78 is 33.0. The second-order valence-corrected chi connectivity index (χ2v) is 6.49. The summed E-state index contributed by atoms with van der Waals surface area (Å²) in [7, 11) is 0. The molecule has 1 heterocycles. The van der Waals surface area contributed by atoms with E-state index >= 15 is 0 Å². The average molecular weight is 283 g/mol. The van der Waals surface area contributed by atoms with Crippen LogP contribution in [0.3, 0.4) is 0 Å². The number of halogens is 2. The Balaban J connectivity index is 2.16. The van der Waals surface area contributed by atoms with Gasteiger partial charge in [-0.3, -0.25) is 0 Å². The highest BCUT2D eigenvalue weighted by molar-refractivity contribution is 5.22. The van der Waals surface area contributed by atoms with Crippen LogP contribution in [0.15, 0.2) is 18.2 Å². The number of benzene rings is 1. The van der Waals surface area contributed by atoms with Gasteiger partial charge in [-0.25, -0.2) is 8.78 Å².